The molecule has 0 heterocycles. The first-order valence-corrected chi connectivity index (χ1v) is 5.52. The van der Waals surface area contributed by atoms with Crippen molar-refractivity contribution >= 4 is 12.2 Å². The van der Waals surface area contributed by atoms with Crippen molar-refractivity contribution in [3.63, 3.8) is 0 Å². The maximum absolute atomic E-state index is 5.02. The quantitative estimate of drug-likeness (QED) is 0.640. The van der Waals surface area contributed by atoms with E-state index in [-0.39, 0.29) is 0 Å². The summed E-state index contributed by atoms with van der Waals surface area (Å²) in [5.74, 6) is 5.02. The molecule has 2 rings (SSSR count). The molecule has 2 N–H and O–H groups in total. The van der Waals surface area contributed by atoms with Gasteiger partial charge in [0.15, 0.2) is 0 Å². The molecule has 2 aromatic rings. The van der Waals surface area contributed by atoms with Gasteiger partial charge in [0.25, 0.3) is 0 Å². The Morgan fingerprint density at radius 2 is 1.41 bits per heavy atom. The molecule has 2 heteroatoms. The van der Waals surface area contributed by atoms with Gasteiger partial charge in [-0.1, -0.05) is 66.7 Å². The van der Waals surface area contributed by atoms with Crippen LogP contribution in [-0.4, -0.2) is 0 Å². The zero-order valence-corrected chi connectivity index (χ0v) is 9.54. The number of benzene rings is 2. The molecule has 0 unspecified atom stereocenters. The third-order valence-electron chi connectivity index (χ3n) is 2.50. The maximum Gasteiger partial charge on any atom is 0.0930 e. The van der Waals surface area contributed by atoms with Gasteiger partial charge in [0.2, 0.25) is 0 Å². The highest BCUT2D eigenvalue weighted by molar-refractivity contribution is 5.69. The molecule has 0 spiro atoms. The minimum absolute atomic E-state index is 0.447. The van der Waals surface area contributed by atoms with Crippen molar-refractivity contribution in [3.05, 3.63) is 71.3 Å². The third-order valence-corrected chi connectivity index (χ3v) is 2.50. The van der Waals surface area contributed by atoms with E-state index in [1.165, 1.54) is 5.56 Å². The SMILES string of the molecule is NOCc1ccc(C=Cc2ccccc2)cc1. The van der Waals surface area contributed by atoms with Gasteiger partial charge in [-0.05, 0) is 16.7 Å². The van der Waals surface area contributed by atoms with Gasteiger partial charge >= 0.3 is 0 Å². The molecule has 0 atom stereocenters. The summed E-state index contributed by atoms with van der Waals surface area (Å²) >= 11 is 0. The van der Waals surface area contributed by atoms with E-state index in [4.69, 9.17) is 5.90 Å². The fourth-order valence-corrected chi connectivity index (χ4v) is 1.58. The molecule has 0 aromatic heterocycles. The Hall–Kier alpha value is -1.90. The molecular weight excluding hydrogens is 210 g/mol. The highest BCUT2D eigenvalue weighted by Gasteiger charge is 1.91. The van der Waals surface area contributed by atoms with Crippen LogP contribution in [0.5, 0.6) is 0 Å². The van der Waals surface area contributed by atoms with E-state index >= 15 is 0 Å². The van der Waals surface area contributed by atoms with E-state index < -0.39 is 0 Å². The largest absolute Gasteiger partial charge is 0.300 e. The summed E-state index contributed by atoms with van der Waals surface area (Å²) in [5, 5.41) is 0. The van der Waals surface area contributed by atoms with Gasteiger partial charge in [0.1, 0.15) is 0 Å². The van der Waals surface area contributed by atoms with E-state index in [2.05, 4.69) is 29.1 Å². The predicted octanol–water partition coefficient (Wildman–Crippen LogP) is 3.25. The monoisotopic (exact) mass is 225 g/mol. The van der Waals surface area contributed by atoms with Gasteiger partial charge < -0.3 is 0 Å². The molecule has 0 aliphatic rings. The summed E-state index contributed by atoms with van der Waals surface area (Å²) in [6.07, 6.45) is 4.18. The van der Waals surface area contributed by atoms with Crippen LogP contribution in [0.4, 0.5) is 0 Å². The summed E-state index contributed by atoms with van der Waals surface area (Å²) in [7, 11) is 0. The molecule has 17 heavy (non-hydrogen) atoms. The first-order chi connectivity index (χ1) is 8.38. The van der Waals surface area contributed by atoms with Crippen LogP contribution in [0.3, 0.4) is 0 Å². The van der Waals surface area contributed by atoms with Crippen molar-refractivity contribution in [2.24, 2.45) is 5.90 Å². The van der Waals surface area contributed by atoms with E-state index in [1.807, 2.05) is 42.5 Å². The third kappa shape index (κ3) is 3.55. The van der Waals surface area contributed by atoms with Crippen LogP contribution in [0.1, 0.15) is 16.7 Å². The molecule has 0 saturated carbocycles. The van der Waals surface area contributed by atoms with Gasteiger partial charge in [-0.15, -0.1) is 0 Å². The Labute approximate surface area is 101 Å². The fraction of sp³-hybridized carbons (Fsp3) is 0.0667. The summed E-state index contributed by atoms with van der Waals surface area (Å²) in [5.41, 5.74) is 3.43. The standard InChI is InChI=1S/C15H15NO/c16-17-12-15-10-8-14(9-11-15)7-6-13-4-2-1-3-5-13/h1-11H,12,16H2. The maximum atomic E-state index is 5.02. The van der Waals surface area contributed by atoms with Crippen LogP contribution in [0.25, 0.3) is 12.2 Å². The minimum Gasteiger partial charge on any atom is -0.300 e. The van der Waals surface area contributed by atoms with Crippen LogP contribution in [-0.2, 0) is 11.4 Å². The zero-order valence-electron chi connectivity index (χ0n) is 9.54. The summed E-state index contributed by atoms with van der Waals surface area (Å²) < 4.78 is 0. The summed E-state index contributed by atoms with van der Waals surface area (Å²) in [6, 6.07) is 18.3. The average molecular weight is 225 g/mol. The van der Waals surface area contributed by atoms with Crippen molar-refractivity contribution in [2.75, 3.05) is 0 Å². The van der Waals surface area contributed by atoms with Crippen LogP contribution in [0, 0.1) is 0 Å². The topological polar surface area (TPSA) is 35.2 Å². The molecule has 2 aromatic carbocycles. The molecule has 86 valence electrons. The van der Waals surface area contributed by atoms with Crippen LogP contribution >= 0.6 is 0 Å². The van der Waals surface area contributed by atoms with E-state index in [0.717, 1.165) is 11.1 Å². The Kier molecular flexibility index (Phi) is 4.08. The molecule has 0 saturated heterocycles. The highest BCUT2D eigenvalue weighted by Crippen LogP contribution is 2.09. The first-order valence-electron chi connectivity index (χ1n) is 5.52. The van der Waals surface area contributed by atoms with Crippen molar-refractivity contribution in [1.29, 1.82) is 0 Å². The van der Waals surface area contributed by atoms with Gasteiger partial charge in [-0.25, -0.2) is 5.90 Å². The highest BCUT2D eigenvalue weighted by atomic mass is 16.6. The lowest BCUT2D eigenvalue weighted by molar-refractivity contribution is 0.124. The molecule has 0 aliphatic heterocycles. The second-order valence-corrected chi connectivity index (χ2v) is 3.80. The van der Waals surface area contributed by atoms with Crippen molar-refractivity contribution < 1.29 is 4.84 Å². The lowest BCUT2D eigenvalue weighted by Gasteiger charge is -1.99. The van der Waals surface area contributed by atoms with Gasteiger partial charge in [0.05, 0.1) is 6.61 Å². The summed E-state index contributed by atoms with van der Waals surface area (Å²) in [6.45, 7) is 0.447. The first kappa shape index (κ1) is 11.6. The number of hydrogen-bond acceptors (Lipinski definition) is 2. The fourth-order valence-electron chi connectivity index (χ4n) is 1.58. The molecule has 0 fully saturated rings. The summed E-state index contributed by atoms with van der Waals surface area (Å²) in [4.78, 5) is 4.58. The van der Waals surface area contributed by atoms with Crippen LogP contribution in [0.15, 0.2) is 54.6 Å². The number of rotatable bonds is 4. The predicted molar refractivity (Wildman–Crippen MR) is 70.8 cm³/mol. The lowest BCUT2D eigenvalue weighted by Crippen LogP contribution is -1.98. The molecular formula is C15H15NO. The molecule has 0 bridgehead atoms. The molecule has 2 nitrogen and oxygen atoms in total. The van der Waals surface area contributed by atoms with Crippen molar-refractivity contribution in [2.45, 2.75) is 6.61 Å². The van der Waals surface area contributed by atoms with E-state index in [9.17, 15) is 0 Å². The number of hydrogen-bond donors (Lipinski definition) is 1. The smallest absolute Gasteiger partial charge is 0.0930 e. The normalized spacial score (nSPS) is 10.9. The van der Waals surface area contributed by atoms with Gasteiger partial charge in [0, 0.05) is 0 Å². The Morgan fingerprint density at radius 3 is 2.00 bits per heavy atom. The van der Waals surface area contributed by atoms with Crippen molar-refractivity contribution in [1.82, 2.24) is 0 Å². The van der Waals surface area contributed by atoms with E-state index in [1.54, 1.807) is 0 Å². The van der Waals surface area contributed by atoms with Crippen LogP contribution < -0.4 is 5.90 Å². The minimum atomic E-state index is 0.447. The van der Waals surface area contributed by atoms with Crippen LogP contribution in [0.2, 0.25) is 0 Å². The Morgan fingerprint density at radius 1 is 0.824 bits per heavy atom. The zero-order chi connectivity index (χ0) is 11.9. The number of nitrogens with two attached hydrogens (primary N) is 1. The molecule has 0 aliphatic carbocycles. The second-order valence-electron chi connectivity index (χ2n) is 3.80. The van der Waals surface area contributed by atoms with Crippen molar-refractivity contribution in [3.8, 4) is 0 Å². The van der Waals surface area contributed by atoms with E-state index in [0.29, 0.717) is 6.61 Å². The molecule has 0 radical (unpaired) electrons. The molecule has 0 amide bonds. The average Bonchev–Trinajstić information content (AvgIpc) is 2.40. The Bertz CT molecular complexity index is 474. The lowest BCUT2D eigenvalue weighted by atomic mass is 10.1. The van der Waals surface area contributed by atoms with Gasteiger partial charge in [-0.3, -0.25) is 4.84 Å². The Balaban J connectivity index is 2.06. The second kappa shape index (κ2) is 5.99. The van der Waals surface area contributed by atoms with Gasteiger partial charge in [-0.2, -0.15) is 0 Å².